The highest BCUT2D eigenvalue weighted by Crippen LogP contribution is 2.29. The van der Waals surface area contributed by atoms with Gasteiger partial charge in [-0.3, -0.25) is 4.79 Å². The van der Waals surface area contributed by atoms with Crippen molar-refractivity contribution in [1.82, 2.24) is 5.32 Å². The number of hydrogen-bond acceptors (Lipinski definition) is 3. The zero-order valence-corrected chi connectivity index (χ0v) is 9.61. The van der Waals surface area contributed by atoms with Crippen molar-refractivity contribution in [2.75, 3.05) is 21.3 Å². The molecule has 1 aromatic rings. The molecule has 0 unspecified atom stereocenters. The monoisotopic (exact) mass is 221 g/mol. The lowest BCUT2D eigenvalue weighted by Gasteiger charge is -2.09. The topological polar surface area (TPSA) is 47.6 Å². The van der Waals surface area contributed by atoms with Crippen molar-refractivity contribution in [2.45, 2.75) is 0 Å². The van der Waals surface area contributed by atoms with Crippen molar-refractivity contribution >= 4 is 12.0 Å². The molecule has 0 aliphatic rings. The van der Waals surface area contributed by atoms with Crippen LogP contribution in [0.4, 0.5) is 0 Å². The van der Waals surface area contributed by atoms with Gasteiger partial charge in [0.2, 0.25) is 5.91 Å². The summed E-state index contributed by atoms with van der Waals surface area (Å²) in [6.45, 7) is 0. The standard InChI is InChI=1S/C12H15NO3/c1-13-12(14)8-7-9-10(15-2)5-4-6-11(9)16-3/h4-8H,1-3H3,(H,13,14). The molecule has 0 saturated carbocycles. The van der Waals surface area contributed by atoms with E-state index >= 15 is 0 Å². The highest BCUT2D eigenvalue weighted by molar-refractivity contribution is 5.92. The van der Waals surface area contributed by atoms with Crippen LogP contribution in [0.25, 0.3) is 6.08 Å². The van der Waals surface area contributed by atoms with Crippen LogP contribution in [0.5, 0.6) is 11.5 Å². The van der Waals surface area contributed by atoms with Gasteiger partial charge >= 0.3 is 0 Å². The van der Waals surface area contributed by atoms with E-state index in [1.807, 2.05) is 18.2 Å². The maximum atomic E-state index is 11.1. The van der Waals surface area contributed by atoms with Gasteiger partial charge in [-0.05, 0) is 18.2 Å². The lowest BCUT2D eigenvalue weighted by atomic mass is 10.1. The van der Waals surface area contributed by atoms with Crippen LogP contribution in [-0.2, 0) is 4.79 Å². The van der Waals surface area contributed by atoms with Crippen LogP contribution in [-0.4, -0.2) is 27.2 Å². The summed E-state index contributed by atoms with van der Waals surface area (Å²) in [6.07, 6.45) is 3.09. The highest BCUT2D eigenvalue weighted by atomic mass is 16.5. The molecule has 1 N–H and O–H groups in total. The summed E-state index contributed by atoms with van der Waals surface area (Å²) >= 11 is 0. The van der Waals surface area contributed by atoms with Crippen LogP contribution in [0.3, 0.4) is 0 Å². The number of ether oxygens (including phenoxy) is 2. The Balaban J connectivity index is 3.08. The molecular weight excluding hydrogens is 206 g/mol. The number of benzene rings is 1. The summed E-state index contributed by atoms with van der Waals surface area (Å²) in [5.74, 6) is 1.16. The largest absolute Gasteiger partial charge is 0.496 e. The lowest BCUT2D eigenvalue weighted by molar-refractivity contribution is -0.115. The minimum Gasteiger partial charge on any atom is -0.496 e. The molecule has 0 spiro atoms. The average Bonchev–Trinajstić information content (AvgIpc) is 2.35. The Morgan fingerprint density at radius 3 is 2.25 bits per heavy atom. The van der Waals surface area contributed by atoms with Gasteiger partial charge in [-0.2, -0.15) is 0 Å². The quantitative estimate of drug-likeness (QED) is 0.783. The van der Waals surface area contributed by atoms with E-state index in [4.69, 9.17) is 9.47 Å². The van der Waals surface area contributed by atoms with Crippen LogP contribution < -0.4 is 14.8 Å². The van der Waals surface area contributed by atoms with Crippen molar-refractivity contribution in [1.29, 1.82) is 0 Å². The van der Waals surface area contributed by atoms with Gasteiger partial charge in [0.1, 0.15) is 11.5 Å². The van der Waals surface area contributed by atoms with Gasteiger partial charge in [0.25, 0.3) is 0 Å². The van der Waals surface area contributed by atoms with Gasteiger partial charge < -0.3 is 14.8 Å². The molecule has 0 fully saturated rings. The molecule has 1 aromatic carbocycles. The van der Waals surface area contributed by atoms with Gasteiger partial charge in [0, 0.05) is 13.1 Å². The van der Waals surface area contributed by atoms with Gasteiger partial charge in [-0.15, -0.1) is 0 Å². The Hall–Kier alpha value is -1.97. The fraction of sp³-hybridized carbons (Fsp3) is 0.250. The third-order valence-corrected chi connectivity index (χ3v) is 2.11. The first-order chi connectivity index (χ1) is 7.72. The molecule has 0 aromatic heterocycles. The number of nitrogens with one attached hydrogen (secondary N) is 1. The molecule has 1 amide bonds. The van der Waals surface area contributed by atoms with Gasteiger partial charge in [-0.25, -0.2) is 0 Å². The first kappa shape index (κ1) is 12.1. The van der Waals surface area contributed by atoms with Gasteiger partial charge in [0.05, 0.1) is 19.8 Å². The molecule has 16 heavy (non-hydrogen) atoms. The minimum absolute atomic E-state index is 0.173. The average molecular weight is 221 g/mol. The number of likely N-dealkylation sites (N-methyl/N-ethyl adjacent to an activating group) is 1. The maximum absolute atomic E-state index is 11.1. The predicted octanol–water partition coefficient (Wildman–Crippen LogP) is 1.46. The Labute approximate surface area is 94.9 Å². The van der Waals surface area contributed by atoms with Crippen LogP contribution in [0.1, 0.15) is 5.56 Å². The summed E-state index contributed by atoms with van der Waals surface area (Å²) in [5, 5.41) is 2.50. The van der Waals surface area contributed by atoms with Crippen LogP contribution in [0.2, 0.25) is 0 Å². The van der Waals surface area contributed by atoms with Crippen LogP contribution in [0.15, 0.2) is 24.3 Å². The second kappa shape index (κ2) is 5.80. The van der Waals surface area contributed by atoms with E-state index in [-0.39, 0.29) is 5.91 Å². The van der Waals surface area contributed by atoms with E-state index in [1.165, 1.54) is 6.08 Å². The lowest BCUT2D eigenvalue weighted by Crippen LogP contribution is -2.13. The van der Waals surface area contributed by atoms with Crippen molar-refractivity contribution in [2.24, 2.45) is 0 Å². The van der Waals surface area contributed by atoms with E-state index in [9.17, 15) is 4.79 Å². The second-order valence-corrected chi connectivity index (χ2v) is 3.02. The fourth-order valence-electron chi connectivity index (χ4n) is 1.29. The normalized spacial score (nSPS) is 10.2. The number of carbonyl (C=O) groups is 1. The fourth-order valence-corrected chi connectivity index (χ4v) is 1.29. The zero-order valence-electron chi connectivity index (χ0n) is 9.61. The molecule has 86 valence electrons. The third-order valence-electron chi connectivity index (χ3n) is 2.11. The molecule has 0 heterocycles. The molecule has 0 radical (unpaired) electrons. The predicted molar refractivity (Wildman–Crippen MR) is 62.6 cm³/mol. The van der Waals surface area contributed by atoms with Crippen LogP contribution in [0, 0.1) is 0 Å². The first-order valence-electron chi connectivity index (χ1n) is 4.83. The number of carbonyl (C=O) groups excluding carboxylic acids is 1. The van der Waals surface area contributed by atoms with E-state index in [2.05, 4.69) is 5.32 Å². The maximum Gasteiger partial charge on any atom is 0.243 e. The van der Waals surface area contributed by atoms with E-state index in [0.29, 0.717) is 11.5 Å². The molecule has 4 heteroatoms. The van der Waals surface area contributed by atoms with Gasteiger partial charge in [0.15, 0.2) is 0 Å². The summed E-state index contributed by atoms with van der Waals surface area (Å²) in [5.41, 5.74) is 0.746. The summed E-state index contributed by atoms with van der Waals surface area (Å²) < 4.78 is 10.4. The Bertz CT molecular complexity index is 377. The first-order valence-corrected chi connectivity index (χ1v) is 4.83. The number of amides is 1. The molecule has 4 nitrogen and oxygen atoms in total. The second-order valence-electron chi connectivity index (χ2n) is 3.02. The van der Waals surface area contributed by atoms with E-state index < -0.39 is 0 Å². The Kier molecular flexibility index (Phi) is 4.39. The molecule has 0 aliphatic carbocycles. The Morgan fingerprint density at radius 1 is 1.25 bits per heavy atom. The van der Waals surface area contributed by atoms with E-state index in [0.717, 1.165) is 5.56 Å². The van der Waals surface area contributed by atoms with Crippen molar-refractivity contribution in [3.8, 4) is 11.5 Å². The molecule has 0 aliphatic heterocycles. The summed E-state index contributed by atoms with van der Waals surface area (Å²) in [6, 6.07) is 5.45. The SMILES string of the molecule is CNC(=O)C=Cc1c(OC)cccc1OC. The number of methoxy groups -OCH3 is 2. The van der Waals surface area contributed by atoms with Gasteiger partial charge in [-0.1, -0.05) is 6.07 Å². The Morgan fingerprint density at radius 2 is 1.81 bits per heavy atom. The highest BCUT2D eigenvalue weighted by Gasteiger charge is 2.06. The van der Waals surface area contributed by atoms with E-state index in [1.54, 1.807) is 27.3 Å². The van der Waals surface area contributed by atoms with Crippen molar-refractivity contribution in [3.63, 3.8) is 0 Å². The van der Waals surface area contributed by atoms with Crippen molar-refractivity contribution in [3.05, 3.63) is 29.8 Å². The summed E-state index contributed by atoms with van der Waals surface area (Å²) in [7, 11) is 4.73. The number of hydrogen-bond donors (Lipinski definition) is 1. The zero-order chi connectivity index (χ0) is 12.0. The minimum atomic E-state index is -0.173. The third kappa shape index (κ3) is 2.76. The molecule has 1 rings (SSSR count). The smallest absolute Gasteiger partial charge is 0.243 e. The van der Waals surface area contributed by atoms with Crippen molar-refractivity contribution < 1.29 is 14.3 Å². The molecule has 0 saturated heterocycles. The van der Waals surface area contributed by atoms with Crippen LogP contribution >= 0.6 is 0 Å². The number of rotatable bonds is 4. The molecule has 0 bridgehead atoms. The summed E-state index contributed by atoms with van der Waals surface area (Å²) in [4.78, 5) is 11.1. The molecule has 0 atom stereocenters. The molecular formula is C12H15NO3.